The Morgan fingerprint density at radius 2 is 1.54 bits per heavy atom. The molecular formula is C19H16Cl5NO. The largest absolute Gasteiger partial charge is 0.460 e. The lowest BCUT2D eigenvalue weighted by molar-refractivity contribution is 0.495. The van der Waals surface area contributed by atoms with Crippen molar-refractivity contribution >= 4 is 58.8 Å². The van der Waals surface area contributed by atoms with E-state index in [-0.39, 0.29) is 12.4 Å². The van der Waals surface area contributed by atoms with E-state index < -0.39 is 0 Å². The lowest BCUT2D eigenvalue weighted by Crippen LogP contribution is -2.16. The highest BCUT2D eigenvalue weighted by Crippen LogP contribution is 2.28. The van der Waals surface area contributed by atoms with Crippen LogP contribution in [0.5, 0.6) is 0 Å². The van der Waals surface area contributed by atoms with Gasteiger partial charge in [0.1, 0.15) is 11.5 Å². The molecule has 0 radical (unpaired) electrons. The maximum Gasteiger partial charge on any atom is 0.134 e. The molecule has 0 aliphatic carbocycles. The molecule has 7 heteroatoms. The standard InChI is InChI=1S/C19H15Cl4NO.ClH/c20-14-2-1-12(18(23)10-14)5-6-24-11-17-3-4-19(25-17)13-7-15(21)9-16(22)8-13;/h1-4,7-10,24H,5-6,11H2;1H. The first-order chi connectivity index (χ1) is 12.0. The Labute approximate surface area is 178 Å². The van der Waals surface area contributed by atoms with Gasteiger partial charge in [0, 0.05) is 25.7 Å². The van der Waals surface area contributed by atoms with Crippen molar-refractivity contribution in [3.8, 4) is 11.3 Å². The van der Waals surface area contributed by atoms with E-state index >= 15 is 0 Å². The van der Waals surface area contributed by atoms with Crippen molar-refractivity contribution in [2.45, 2.75) is 13.0 Å². The molecule has 0 atom stereocenters. The van der Waals surface area contributed by atoms with Crippen LogP contribution >= 0.6 is 58.8 Å². The van der Waals surface area contributed by atoms with Crippen LogP contribution in [0.25, 0.3) is 11.3 Å². The molecule has 138 valence electrons. The molecule has 0 aliphatic rings. The highest BCUT2D eigenvalue weighted by Gasteiger charge is 2.07. The van der Waals surface area contributed by atoms with Gasteiger partial charge in [-0.3, -0.25) is 0 Å². The number of furan rings is 1. The Balaban J connectivity index is 0.00000243. The smallest absolute Gasteiger partial charge is 0.134 e. The number of rotatable bonds is 6. The van der Waals surface area contributed by atoms with E-state index in [9.17, 15) is 0 Å². The SMILES string of the molecule is Cl.Clc1cc(Cl)cc(-c2ccc(CNCCc3ccc(Cl)cc3Cl)o2)c1. The zero-order chi connectivity index (χ0) is 17.8. The van der Waals surface area contributed by atoms with Crippen LogP contribution in [0, 0.1) is 0 Å². The molecule has 0 saturated heterocycles. The fourth-order valence-corrected chi connectivity index (χ4v) is 3.51. The summed E-state index contributed by atoms with van der Waals surface area (Å²) >= 11 is 24.1. The van der Waals surface area contributed by atoms with E-state index in [1.165, 1.54) is 0 Å². The van der Waals surface area contributed by atoms with Crippen molar-refractivity contribution in [3.63, 3.8) is 0 Å². The molecular weight excluding hydrogens is 435 g/mol. The molecule has 0 unspecified atom stereocenters. The van der Waals surface area contributed by atoms with Gasteiger partial charge in [0.15, 0.2) is 0 Å². The van der Waals surface area contributed by atoms with Gasteiger partial charge in [0.05, 0.1) is 6.54 Å². The maximum absolute atomic E-state index is 6.17. The van der Waals surface area contributed by atoms with Gasteiger partial charge in [0.25, 0.3) is 0 Å². The summed E-state index contributed by atoms with van der Waals surface area (Å²) in [5, 5.41) is 5.84. The minimum atomic E-state index is 0. The van der Waals surface area contributed by atoms with Gasteiger partial charge in [-0.15, -0.1) is 12.4 Å². The van der Waals surface area contributed by atoms with Crippen molar-refractivity contribution in [3.05, 3.63) is 79.9 Å². The van der Waals surface area contributed by atoms with E-state index in [1.807, 2.05) is 36.4 Å². The van der Waals surface area contributed by atoms with Gasteiger partial charge in [-0.05, 0) is 61.0 Å². The van der Waals surface area contributed by atoms with Gasteiger partial charge in [-0.1, -0.05) is 52.5 Å². The number of benzene rings is 2. The fraction of sp³-hybridized carbons (Fsp3) is 0.158. The number of hydrogen-bond donors (Lipinski definition) is 1. The summed E-state index contributed by atoms with van der Waals surface area (Å²) in [6.07, 6.45) is 0.813. The Hall–Kier alpha value is -0.870. The van der Waals surface area contributed by atoms with Crippen LogP contribution < -0.4 is 5.32 Å². The lowest BCUT2D eigenvalue weighted by Gasteiger charge is -2.06. The maximum atomic E-state index is 6.17. The van der Waals surface area contributed by atoms with E-state index in [0.717, 1.165) is 35.6 Å². The first-order valence-electron chi connectivity index (χ1n) is 7.71. The van der Waals surface area contributed by atoms with E-state index in [2.05, 4.69) is 5.32 Å². The zero-order valence-electron chi connectivity index (χ0n) is 13.6. The normalized spacial score (nSPS) is 10.6. The minimum absolute atomic E-state index is 0. The van der Waals surface area contributed by atoms with Gasteiger partial charge in [-0.2, -0.15) is 0 Å². The van der Waals surface area contributed by atoms with Gasteiger partial charge in [-0.25, -0.2) is 0 Å². The average molecular weight is 452 g/mol. The highest BCUT2D eigenvalue weighted by atomic mass is 35.5. The van der Waals surface area contributed by atoms with Crippen LogP contribution in [-0.2, 0) is 13.0 Å². The molecule has 2 nitrogen and oxygen atoms in total. The number of hydrogen-bond acceptors (Lipinski definition) is 2. The van der Waals surface area contributed by atoms with Gasteiger partial charge < -0.3 is 9.73 Å². The molecule has 1 heterocycles. The van der Waals surface area contributed by atoms with Crippen molar-refractivity contribution < 1.29 is 4.42 Å². The van der Waals surface area contributed by atoms with Crippen LogP contribution in [0.4, 0.5) is 0 Å². The second-order valence-corrected chi connectivity index (χ2v) is 7.30. The summed E-state index contributed by atoms with van der Waals surface area (Å²) in [6.45, 7) is 1.40. The topological polar surface area (TPSA) is 25.2 Å². The molecule has 26 heavy (non-hydrogen) atoms. The lowest BCUT2D eigenvalue weighted by atomic mass is 10.1. The fourth-order valence-electron chi connectivity index (χ4n) is 2.48. The summed E-state index contributed by atoms with van der Waals surface area (Å²) in [7, 11) is 0. The average Bonchev–Trinajstić information content (AvgIpc) is 3.01. The third-order valence-corrected chi connectivity index (χ3v) is 4.72. The van der Waals surface area contributed by atoms with E-state index in [4.69, 9.17) is 50.8 Å². The van der Waals surface area contributed by atoms with E-state index in [0.29, 0.717) is 26.6 Å². The quantitative estimate of drug-likeness (QED) is 0.397. The molecule has 0 saturated carbocycles. The van der Waals surface area contributed by atoms with Crippen LogP contribution in [0.1, 0.15) is 11.3 Å². The molecule has 0 bridgehead atoms. The van der Waals surface area contributed by atoms with Crippen molar-refractivity contribution in [2.75, 3.05) is 6.54 Å². The van der Waals surface area contributed by atoms with E-state index in [1.54, 1.807) is 12.1 Å². The summed E-state index contributed by atoms with van der Waals surface area (Å²) < 4.78 is 5.85. The summed E-state index contributed by atoms with van der Waals surface area (Å²) in [4.78, 5) is 0. The molecule has 1 N–H and O–H groups in total. The molecule has 0 fully saturated rings. The second-order valence-electron chi connectivity index (χ2n) is 5.59. The third-order valence-electron chi connectivity index (χ3n) is 3.69. The minimum Gasteiger partial charge on any atom is -0.460 e. The Kier molecular flexibility index (Phi) is 8.15. The summed E-state index contributed by atoms with van der Waals surface area (Å²) in [5.74, 6) is 1.58. The van der Waals surface area contributed by atoms with Gasteiger partial charge in [0.2, 0.25) is 0 Å². The van der Waals surface area contributed by atoms with Crippen LogP contribution in [0.15, 0.2) is 52.9 Å². The second kappa shape index (κ2) is 9.89. The molecule has 0 aliphatic heterocycles. The first-order valence-corrected chi connectivity index (χ1v) is 9.22. The third kappa shape index (κ3) is 5.82. The zero-order valence-corrected chi connectivity index (χ0v) is 17.4. The Bertz CT molecular complexity index is 858. The monoisotopic (exact) mass is 449 g/mol. The predicted molar refractivity (Wildman–Crippen MR) is 113 cm³/mol. The molecule has 0 amide bonds. The van der Waals surface area contributed by atoms with Crippen molar-refractivity contribution in [2.24, 2.45) is 0 Å². The summed E-state index contributed by atoms with van der Waals surface area (Å²) in [6, 6.07) is 14.7. The van der Waals surface area contributed by atoms with Crippen LogP contribution in [0.2, 0.25) is 20.1 Å². The Morgan fingerprint density at radius 3 is 2.23 bits per heavy atom. The van der Waals surface area contributed by atoms with Crippen LogP contribution in [0.3, 0.4) is 0 Å². The number of nitrogens with one attached hydrogen (secondary N) is 1. The van der Waals surface area contributed by atoms with Crippen molar-refractivity contribution in [1.82, 2.24) is 5.32 Å². The predicted octanol–water partition coefficient (Wildman–Crippen LogP) is 7.31. The van der Waals surface area contributed by atoms with Gasteiger partial charge >= 0.3 is 0 Å². The van der Waals surface area contributed by atoms with Crippen LogP contribution in [-0.4, -0.2) is 6.54 Å². The molecule has 0 spiro atoms. The van der Waals surface area contributed by atoms with Crippen molar-refractivity contribution in [1.29, 1.82) is 0 Å². The molecule has 3 rings (SSSR count). The Morgan fingerprint density at radius 1 is 0.808 bits per heavy atom. The molecule has 2 aromatic carbocycles. The molecule has 3 aromatic rings. The summed E-state index contributed by atoms with van der Waals surface area (Å²) in [5.41, 5.74) is 1.92. The molecule has 1 aromatic heterocycles. The first kappa shape index (κ1) is 21.4. The number of halogens is 5. The highest BCUT2D eigenvalue weighted by molar-refractivity contribution is 6.35.